The van der Waals surface area contributed by atoms with E-state index in [0.717, 1.165) is 92.0 Å². The van der Waals surface area contributed by atoms with Crippen molar-refractivity contribution in [1.29, 1.82) is 0 Å². The molecule has 4 rings (SSSR count). The minimum atomic E-state index is -0.268. The van der Waals surface area contributed by atoms with Gasteiger partial charge in [-0.3, -0.25) is 5.10 Å². The number of nitrogens with one attached hydrogen (secondary N) is 4. The zero-order chi connectivity index (χ0) is 32.5. The third kappa shape index (κ3) is 8.49. The van der Waals surface area contributed by atoms with Crippen molar-refractivity contribution in [2.45, 2.75) is 47.0 Å². The highest BCUT2D eigenvalue weighted by Crippen LogP contribution is 2.30. The van der Waals surface area contributed by atoms with E-state index in [1.165, 1.54) is 18.9 Å². The predicted molar refractivity (Wildman–Crippen MR) is 189 cm³/mol. The molecular weight excluding hydrogens is 557 g/mol. The van der Waals surface area contributed by atoms with Gasteiger partial charge < -0.3 is 15.6 Å². The van der Waals surface area contributed by atoms with Gasteiger partial charge in [-0.2, -0.15) is 5.10 Å². The summed E-state index contributed by atoms with van der Waals surface area (Å²) < 4.78 is 14.3. The van der Waals surface area contributed by atoms with Crippen LogP contribution in [0.1, 0.15) is 55.5 Å². The molecule has 1 aliphatic heterocycles. The van der Waals surface area contributed by atoms with Crippen molar-refractivity contribution in [3.63, 3.8) is 0 Å². The number of rotatable bonds is 12. The van der Waals surface area contributed by atoms with E-state index in [1.807, 2.05) is 51.1 Å². The second-order valence-corrected chi connectivity index (χ2v) is 11.7. The number of allylic oxidation sites excluding steroid dienone is 9. The molecule has 3 aromatic rings. The summed E-state index contributed by atoms with van der Waals surface area (Å²) >= 11 is 0. The molecule has 3 heterocycles. The van der Waals surface area contributed by atoms with Crippen LogP contribution >= 0.6 is 0 Å². The molecule has 0 spiro atoms. The summed E-state index contributed by atoms with van der Waals surface area (Å²) in [5.74, 6) is 0.395. The molecule has 0 unspecified atom stereocenters. The van der Waals surface area contributed by atoms with Gasteiger partial charge in [-0.05, 0) is 130 Å². The van der Waals surface area contributed by atoms with E-state index >= 15 is 0 Å². The minimum absolute atomic E-state index is 0.268. The van der Waals surface area contributed by atoms with Gasteiger partial charge in [0, 0.05) is 27.9 Å². The maximum absolute atomic E-state index is 14.3. The van der Waals surface area contributed by atoms with Crippen LogP contribution in [0.25, 0.3) is 29.6 Å². The van der Waals surface area contributed by atoms with Crippen LogP contribution in [-0.4, -0.2) is 28.3 Å². The Balaban J connectivity index is 1.56. The summed E-state index contributed by atoms with van der Waals surface area (Å²) in [4.78, 5) is 3.45. The van der Waals surface area contributed by atoms with Gasteiger partial charge >= 0.3 is 0 Å². The lowest BCUT2D eigenvalue weighted by Gasteiger charge is -2.24. The Labute approximate surface area is 267 Å². The number of aryl methyl sites for hydroxylation is 2. The zero-order valence-electron chi connectivity index (χ0n) is 27.1. The van der Waals surface area contributed by atoms with Gasteiger partial charge in [-0.1, -0.05) is 56.7 Å². The number of halogens is 1. The molecule has 5 nitrogen and oxygen atoms in total. The van der Waals surface area contributed by atoms with Crippen molar-refractivity contribution in [1.82, 2.24) is 25.8 Å². The van der Waals surface area contributed by atoms with Crippen molar-refractivity contribution < 1.29 is 4.39 Å². The van der Waals surface area contributed by atoms with E-state index in [-0.39, 0.29) is 5.82 Å². The molecule has 1 fully saturated rings. The van der Waals surface area contributed by atoms with E-state index in [9.17, 15) is 4.39 Å². The molecule has 0 bridgehead atoms. The van der Waals surface area contributed by atoms with Gasteiger partial charge in [-0.15, -0.1) is 0 Å². The summed E-state index contributed by atoms with van der Waals surface area (Å²) in [5, 5.41) is 16.2. The number of hydrogen-bond acceptors (Lipinski definition) is 3. The van der Waals surface area contributed by atoms with E-state index in [4.69, 9.17) is 0 Å². The molecule has 0 radical (unpaired) electrons. The number of aromatic nitrogens is 3. The quantitative estimate of drug-likeness (QED) is 0.163. The van der Waals surface area contributed by atoms with Gasteiger partial charge in [-0.25, -0.2) is 4.39 Å². The second-order valence-electron chi connectivity index (χ2n) is 11.7. The first kappa shape index (κ1) is 33.2. The topological polar surface area (TPSA) is 68.5 Å². The highest BCUT2D eigenvalue weighted by atomic mass is 19.1. The third-order valence-electron chi connectivity index (χ3n) is 8.21. The molecule has 1 aromatic carbocycles. The van der Waals surface area contributed by atoms with Crippen LogP contribution < -0.4 is 21.2 Å². The first-order valence-electron chi connectivity index (χ1n) is 15.5. The number of hydrogen-bond donors (Lipinski definition) is 4. The largest absolute Gasteiger partial charge is 0.359 e. The molecule has 234 valence electrons. The lowest BCUT2D eigenvalue weighted by molar-refractivity contribution is 0.368. The fourth-order valence-electron chi connectivity index (χ4n) is 5.79. The highest BCUT2D eigenvalue weighted by molar-refractivity contribution is 5.84. The molecular formula is C39H46FN5. The first-order chi connectivity index (χ1) is 21.6. The minimum Gasteiger partial charge on any atom is -0.359 e. The first-order valence-corrected chi connectivity index (χ1v) is 15.5. The van der Waals surface area contributed by atoms with Gasteiger partial charge in [0.25, 0.3) is 0 Å². The molecule has 4 N–H and O–H groups in total. The van der Waals surface area contributed by atoms with Crippen LogP contribution in [0.2, 0.25) is 0 Å². The Bertz CT molecular complexity index is 1780. The van der Waals surface area contributed by atoms with Crippen LogP contribution in [0, 0.1) is 25.6 Å². The van der Waals surface area contributed by atoms with Crippen molar-refractivity contribution in [3.05, 3.63) is 142 Å². The van der Waals surface area contributed by atoms with Crippen LogP contribution in [0.15, 0.2) is 103 Å². The average molecular weight is 604 g/mol. The number of nitrogens with zero attached hydrogens (tertiary/aromatic N) is 1. The fraction of sp³-hybridized carbons (Fsp3) is 0.256. The molecule has 45 heavy (non-hydrogen) atoms. The van der Waals surface area contributed by atoms with Crippen LogP contribution in [0.5, 0.6) is 0 Å². The highest BCUT2D eigenvalue weighted by Gasteiger charge is 2.16. The molecule has 0 saturated carbocycles. The van der Waals surface area contributed by atoms with Gasteiger partial charge in [0.1, 0.15) is 11.5 Å². The number of aromatic amines is 2. The third-order valence-corrected chi connectivity index (χ3v) is 8.21. The Morgan fingerprint density at radius 1 is 1.11 bits per heavy atom. The Kier molecular flexibility index (Phi) is 11.3. The Morgan fingerprint density at radius 2 is 1.87 bits per heavy atom. The van der Waals surface area contributed by atoms with Crippen molar-refractivity contribution in [3.8, 4) is 11.4 Å². The Morgan fingerprint density at radius 3 is 2.53 bits per heavy atom. The van der Waals surface area contributed by atoms with E-state index in [0.29, 0.717) is 5.92 Å². The van der Waals surface area contributed by atoms with Crippen LogP contribution in [0.4, 0.5) is 4.39 Å². The van der Waals surface area contributed by atoms with Crippen molar-refractivity contribution in [2.75, 3.05) is 13.1 Å². The normalized spacial score (nSPS) is 15.8. The van der Waals surface area contributed by atoms with Gasteiger partial charge in [0.2, 0.25) is 0 Å². The van der Waals surface area contributed by atoms with Gasteiger partial charge in [0.05, 0.1) is 11.0 Å². The second kappa shape index (κ2) is 15.4. The number of benzene rings is 1. The zero-order valence-corrected chi connectivity index (χ0v) is 27.1. The summed E-state index contributed by atoms with van der Waals surface area (Å²) in [6.45, 7) is 26.6. The molecule has 6 heteroatoms. The summed E-state index contributed by atoms with van der Waals surface area (Å²) in [5.41, 5.74) is 10.1. The SMILES string of the molecule is C=C/C=C(/c1cc(C)cc(F)c1)c1cc(-c2n[nH]/c(=C/C=C(C)/C(/C=C(\C=C)NC(=C)CC3CCNCC3)=C/C)c2=C)[nH]c1C. The maximum atomic E-state index is 14.3. The fourth-order valence-corrected chi connectivity index (χ4v) is 5.79. The summed E-state index contributed by atoms with van der Waals surface area (Å²) in [6, 6.07) is 7.08. The predicted octanol–water partition coefficient (Wildman–Crippen LogP) is 7.42. The lowest BCUT2D eigenvalue weighted by Crippen LogP contribution is -2.28. The molecule has 0 atom stereocenters. The molecule has 1 saturated heterocycles. The number of H-pyrrole nitrogens is 2. The summed E-state index contributed by atoms with van der Waals surface area (Å²) in [6.07, 6.45) is 17.0. The van der Waals surface area contributed by atoms with Crippen LogP contribution in [0.3, 0.4) is 0 Å². The lowest BCUT2D eigenvalue weighted by atomic mass is 9.93. The maximum Gasteiger partial charge on any atom is 0.124 e. The molecule has 2 aromatic heterocycles. The van der Waals surface area contributed by atoms with Crippen LogP contribution in [-0.2, 0) is 0 Å². The molecule has 1 aliphatic rings. The van der Waals surface area contributed by atoms with Gasteiger partial charge in [0.15, 0.2) is 0 Å². The average Bonchev–Trinajstić information content (AvgIpc) is 3.57. The van der Waals surface area contributed by atoms with Crippen molar-refractivity contribution >= 4 is 18.2 Å². The van der Waals surface area contributed by atoms with Crippen molar-refractivity contribution in [2.24, 2.45) is 5.92 Å². The smallest absolute Gasteiger partial charge is 0.124 e. The Hall–Kier alpha value is -4.68. The van der Waals surface area contributed by atoms with E-state index in [2.05, 4.69) is 77.3 Å². The van der Waals surface area contributed by atoms with E-state index in [1.54, 1.807) is 12.1 Å². The standard InChI is InChI=1S/C39H46FN5/c1-9-12-35(32-19-25(4)20-33(40)22-32)36-24-38(43-29(36)8)39-28(7)37(44-45-39)14-13-26(5)31(10-2)23-34(11-3)42-27(6)21-30-15-17-41-18-16-30/h9-14,19-20,22-24,30,41-44H,1,3,6-7,15-18,21H2,2,4-5,8H3/b26-13+,31-10+,34-23+,35-12-,37-14+. The molecule has 0 aliphatic carbocycles. The number of piperidine rings is 1. The monoisotopic (exact) mass is 603 g/mol. The van der Waals surface area contributed by atoms with E-state index < -0.39 is 0 Å². The molecule has 0 amide bonds. The summed E-state index contributed by atoms with van der Waals surface area (Å²) in [7, 11) is 0.